The zero-order valence-corrected chi connectivity index (χ0v) is 10.5. The third-order valence-electron chi connectivity index (χ3n) is 1.84. The first-order valence-corrected chi connectivity index (χ1v) is 6.86. The fourth-order valence-corrected chi connectivity index (χ4v) is 2.33. The summed E-state index contributed by atoms with van der Waals surface area (Å²) in [5.41, 5.74) is 8.87. The van der Waals surface area contributed by atoms with E-state index in [0.29, 0.717) is 10.7 Å². The Morgan fingerprint density at radius 3 is 2.69 bits per heavy atom. The van der Waals surface area contributed by atoms with Gasteiger partial charge in [-0.3, -0.25) is 5.41 Å². The van der Waals surface area contributed by atoms with Gasteiger partial charge in [0.15, 0.2) is 0 Å². The quantitative estimate of drug-likeness (QED) is 0.210. The van der Waals surface area contributed by atoms with Gasteiger partial charge in [0.1, 0.15) is 0 Å². The van der Waals surface area contributed by atoms with E-state index in [1.165, 1.54) is 11.8 Å². The summed E-state index contributed by atoms with van der Waals surface area (Å²) in [6.07, 6.45) is 2.71. The number of nitrogens with zero attached hydrogens (tertiary/aromatic N) is 3. The zero-order valence-electron chi connectivity index (χ0n) is 8.88. The molecule has 16 heavy (non-hydrogen) atoms. The van der Waals surface area contributed by atoms with E-state index >= 15 is 0 Å². The molecule has 1 rings (SSSR count). The Balaban J connectivity index is 2.43. The van der Waals surface area contributed by atoms with Gasteiger partial charge in [-0.05, 0) is 23.9 Å². The molecule has 0 heterocycles. The number of rotatable bonds is 5. The first-order chi connectivity index (χ1) is 7.76. The van der Waals surface area contributed by atoms with Crippen molar-refractivity contribution in [2.45, 2.75) is 11.3 Å². The summed E-state index contributed by atoms with van der Waals surface area (Å²) >= 11 is 3.19. The van der Waals surface area contributed by atoms with Gasteiger partial charge in [0.2, 0.25) is 0 Å². The summed E-state index contributed by atoms with van der Waals surface area (Å²) in [5, 5.41) is 11.7. The van der Waals surface area contributed by atoms with Gasteiger partial charge in [-0.1, -0.05) is 17.2 Å². The number of azide groups is 1. The number of thioether (sulfide) groups is 2. The predicted molar refractivity (Wildman–Crippen MR) is 71.8 cm³/mol. The smallest absolute Gasteiger partial charge is 0.0647 e. The Labute approximate surface area is 103 Å². The van der Waals surface area contributed by atoms with Gasteiger partial charge in [-0.25, -0.2) is 0 Å². The van der Waals surface area contributed by atoms with Gasteiger partial charge in [0.05, 0.1) is 5.04 Å². The molecule has 0 bridgehead atoms. The molecule has 0 aliphatic rings. The minimum Gasteiger partial charge on any atom is -0.298 e. The van der Waals surface area contributed by atoms with E-state index in [4.69, 9.17) is 10.9 Å². The van der Waals surface area contributed by atoms with E-state index in [1.54, 1.807) is 23.9 Å². The maximum absolute atomic E-state index is 8.25. The Hall–Kier alpha value is -1.10. The van der Waals surface area contributed by atoms with Crippen molar-refractivity contribution >= 4 is 34.3 Å². The van der Waals surface area contributed by atoms with Crippen molar-refractivity contribution in [1.29, 1.82) is 5.41 Å². The molecule has 0 aromatic heterocycles. The summed E-state index contributed by atoms with van der Waals surface area (Å²) < 4.78 is 0. The van der Waals surface area contributed by atoms with Crippen LogP contribution in [0.15, 0.2) is 34.3 Å². The summed E-state index contributed by atoms with van der Waals surface area (Å²) in [6, 6.07) is 7.44. The van der Waals surface area contributed by atoms with Crippen LogP contribution < -0.4 is 0 Å². The summed E-state index contributed by atoms with van der Waals surface area (Å²) in [5.74, 6) is 0.903. The van der Waals surface area contributed by atoms with Crippen LogP contribution in [0.1, 0.15) is 6.42 Å². The van der Waals surface area contributed by atoms with Gasteiger partial charge >= 0.3 is 0 Å². The van der Waals surface area contributed by atoms with Crippen LogP contribution in [-0.2, 0) is 0 Å². The maximum atomic E-state index is 8.25. The molecule has 0 aliphatic carbocycles. The normalized spacial score (nSPS) is 9.56. The molecule has 4 nitrogen and oxygen atoms in total. The lowest BCUT2D eigenvalue weighted by molar-refractivity contribution is 1.29. The molecule has 0 saturated heterocycles. The van der Waals surface area contributed by atoms with Crippen LogP contribution in [0.2, 0.25) is 0 Å². The largest absolute Gasteiger partial charge is 0.298 e. The first kappa shape index (κ1) is 13.0. The molecule has 0 aliphatic heterocycles. The van der Waals surface area contributed by atoms with E-state index in [1.807, 2.05) is 18.4 Å². The van der Waals surface area contributed by atoms with Crippen LogP contribution in [0.4, 0.5) is 5.69 Å². The Kier molecular flexibility index (Phi) is 5.85. The minimum absolute atomic E-state index is 0.628. The Morgan fingerprint density at radius 2 is 2.12 bits per heavy atom. The highest BCUT2D eigenvalue weighted by Crippen LogP contribution is 2.22. The van der Waals surface area contributed by atoms with Crippen molar-refractivity contribution in [1.82, 2.24) is 0 Å². The second-order valence-corrected chi connectivity index (χ2v) is 4.98. The second kappa shape index (κ2) is 7.22. The lowest BCUT2D eigenvalue weighted by Gasteiger charge is -2.01. The molecular formula is C10H12N4S2. The highest BCUT2D eigenvalue weighted by Gasteiger charge is 1.97. The standard InChI is InChI=1S/C10H12N4S2/c1-15-10(11)6-7-16-9-4-2-8(3-5-9)13-14-12/h2-5,11H,6-7H2,1H3. The number of benzene rings is 1. The third kappa shape index (κ3) is 4.61. The van der Waals surface area contributed by atoms with Crippen molar-refractivity contribution in [2.24, 2.45) is 5.11 Å². The predicted octanol–water partition coefficient (Wildman–Crippen LogP) is 4.45. The average molecular weight is 252 g/mol. The van der Waals surface area contributed by atoms with Gasteiger partial charge in [-0.15, -0.1) is 23.5 Å². The Bertz CT molecular complexity index is 396. The van der Waals surface area contributed by atoms with E-state index in [0.717, 1.165) is 17.1 Å². The molecule has 0 saturated carbocycles. The second-order valence-electron chi connectivity index (χ2n) is 2.91. The van der Waals surface area contributed by atoms with Crippen LogP contribution >= 0.6 is 23.5 Å². The van der Waals surface area contributed by atoms with E-state index < -0.39 is 0 Å². The number of nitrogens with one attached hydrogen (secondary N) is 1. The summed E-state index contributed by atoms with van der Waals surface area (Å²) in [7, 11) is 0. The number of hydrogen-bond donors (Lipinski definition) is 1. The van der Waals surface area contributed by atoms with Crippen molar-refractivity contribution in [3.8, 4) is 0 Å². The zero-order chi connectivity index (χ0) is 11.8. The molecule has 0 fully saturated rings. The van der Waals surface area contributed by atoms with Crippen molar-refractivity contribution < 1.29 is 0 Å². The lowest BCUT2D eigenvalue weighted by Crippen LogP contribution is -1.90. The monoisotopic (exact) mass is 252 g/mol. The van der Waals surface area contributed by atoms with Crippen LogP contribution in [0, 0.1) is 5.41 Å². The summed E-state index contributed by atoms with van der Waals surface area (Å²) in [4.78, 5) is 3.85. The van der Waals surface area contributed by atoms with Crippen LogP contribution in [0.5, 0.6) is 0 Å². The first-order valence-electron chi connectivity index (χ1n) is 4.65. The van der Waals surface area contributed by atoms with Crippen molar-refractivity contribution in [3.63, 3.8) is 0 Å². The van der Waals surface area contributed by atoms with Gasteiger partial charge in [0, 0.05) is 27.7 Å². The van der Waals surface area contributed by atoms with Crippen LogP contribution in [-0.4, -0.2) is 17.1 Å². The van der Waals surface area contributed by atoms with Crippen LogP contribution in [0.3, 0.4) is 0 Å². The average Bonchev–Trinajstić information content (AvgIpc) is 2.31. The molecule has 1 aromatic carbocycles. The molecule has 6 heteroatoms. The van der Waals surface area contributed by atoms with Crippen molar-refractivity contribution in [3.05, 3.63) is 34.7 Å². The maximum Gasteiger partial charge on any atom is 0.0647 e. The molecule has 0 spiro atoms. The van der Waals surface area contributed by atoms with Crippen molar-refractivity contribution in [2.75, 3.05) is 12.0 Å². The van der Waals surface area contributed by atoms with Gasteiger partial charge in [0.25, 0.3) is 0 Å². The lowest BCUT2D eigenvalue weighted by atomic mass is 10.3. The third-order valence-corrected chi connectivity index (χ3v) is 3.55. The van der Waals surface area contributed by atoms with Crippen LogP contribution in [0.25, 0.3) is 10.4 Å². The fraction of sp³-hybridized carbons (Fsp3) is 0.300. The van der Waals surface area contributed by atoms with E-state index in [2.05, 4.69) is 10.0 Å². The molecule has 0 atom stereocenters. The minimum atomic E-state index is 0.628. The Morgan fingerprint density at radius 1 is 1.44 bits per heavy atom. The fourth-order valence-electron chi connectivity index (χ4n) is 1.02. The van der Waals surface area contributed by atoms with Gasteiger partial charge < -0.3 is 0 Å². The van der Waals surface area contributed by atoms with E-state index in [9.17, 15) is 0 Å². The molecule has 0 unspecified atom stereocenters. The molecule has 0 radical (unpaired) electrons. The van der Waals surface area contributed by atoms with E-state index in [-0.39, 0.29) is 0 Å². The molecule has 84 valence electrons. The highest BCUT2D eigenvalue weighted by atomic mass is 32.2. The SMILES string of the molecule is CSC(=N)CCSc1ccc(N=[N+]=[N-])cc1. The number of hydrogen-bond acceptors (Lipinski definition) is 4. The molecule has 0 amide bonds. The molecular weight excluding hydrogens is 240 g/mol. The topological polar surface area (TPSA) is 72.6 Å². The molecule has 1 N–H and O–H groups in total. The molecule has 1 aromatic rings. The van der Waals surface area contributed by atoms with Gasteiger partial charge in [-0.2, -0.15) is 0 Å². The summed E-state index contributed by atoms with van der Waals surface area (Å²) in [6.45, 7) is 0. The highest BCUT2D eigenvalue weighted by molar-refractivity contribution is 8.13.